The third kappa shape index (κ3) is 2.68. The lowest BCUT2D eigenvalue weighted by atomic mass is 10.1. The molecule has 5 heteroatoms. The highest BCUT2D eigenvalue weighted by Gasteiger charge is 2.14. The summed E-state index contributed by atoms with van der Waals surface area (Å²) in [4.78, 5) is 0. The normalized spacial score (nSPS) is 10.8. The average Bonchev–Trinajstić information content (AvgIpc) is 2.99. The predicted molar refractivity (Wildman–Crippen MR) is 84.2 cm³/mol. The molecule has 106 valence electrons. The molecular weight excluding hydrogens is 284 g/mol. The fraction of sp³-hybridized carbons (Fsp3) is 0.125. The Kier molecular flexibility index (Phi) is 3.99. The number of aromatic nitrogens is 3. The zero-order chi connectivity index (χ0) is 14.7. The third-order valence-electron chi connectivity index (χ3n) is 3.31. The van der Waals surface area contributed by atoms with Gasteiger partial charge in [0, 0.05) is 17.8 Å². The van der Waals surface area contributed by atoms with Crippen LogP contribution in [0.5, 0.6) is 0 Å². The number of para-hydroxylation sites is 1. The van der Waals surface area contributed by atoms with Gasteiger partial charge in [-0.2, -0.15) is 0 Å². The molecule has 0 saturated heterocycles. The maximum atomic E-state index is 5.99. The Labute approximate surface area is 128 Å². The molecule has 0 radical (unpaired) electrons. The lowest BCUT2D eigenvalue weighted by Gasteiger charge is -2.09. The van der Waals surface area contributed by atoms with Gasteiger partial charge in [-0.05, 0) is 17.7 Å². The van der Waals surface area contributed by atoms with Crippen LogP contribution in [0.1, 0.15) is 11.4 Å². The summed E-state index contributed by atoms with van der Waals surface area (Å²) in [7, 11) is 0. The average molecular weight is 299 g/mol. The molecule has 0 aliphatic carbocycles. The van der Waals surface area contributed by atoms with Crippen molar-refractivity contribution < 1.29 is 0 Å². The summed E-state index contributed by atoms with van der Waals surface area (Å²) in [5.41, 5.74) is 8.70. The minimum absolute atomic E-state index is 0.308. The minimum atomic E-state index is 0.308. The first-order valence-corrected chi connectivity index (χ1v) is 7.22. The topological polar surface area (TPSA) is 56.7 Å². The van der Waals surface area contributed by atoms with Gasteiger partial charge in [-0.1, -0.05) is 42.5 Å². The molecule has 0 fully saturated rings. The molecule has 1 heterocycles. The van der Waals surface area contributed by atoms with Gasteiger partial charge >= 0.3 is 0 Å². The quantitative estimate of drug-likeness (QED) is 0.753. The van der Waals surface area contributed by atoms with E-state index >= 15 is 0 Å². The van der Waals surface area contributed by atoms with Crippen molar-refractivity contribution in [2.24, 2.45) is 5.73 Å². The molecule has 3 aromatic rings. The lowest BCUT2D eigenvalue weighted by Crippen LogP contribution is -2.02. The van der Waals surface area contributed by atoms with Crippen LogP contribution in [0.15, 0.2) is 54.6 Å². The summed E-state index contributed by atoms with van der Waals surface area (Å²) in [5.74, 6) is 1.81. The zero-order valence-corrected chi connectivity index (χ0v) is 12.2. The van der Waals surface area contributed by atoms with Gasteiger partial charge in [0.05, 0.1) is 5.88 Å². The van der Waals surface area contributed by atoms with Crippen molar-refractivity contribution in [3.8, 4) is 17.1 Å². The van der Waals surface area contributed by atoms with Gasteiger partial charge in [-0.3, -0.25) is 4.57 Å². The number of hydrogen-bond donors (Lipinski definition) is 1. The Morgan fingerprint density at radius 1 is 0.952 bits per heavy atom. The Bertz CT molecular complexity index is 720. The van der Waals surface area contributed by atoms with Gasteiger partial charge in [-0.15, -0.1) is 21.8 Å². The van der Waals surface area contributed by atoms with Crippen molar-refractivity contribution in [3.63, 3.8) is 0 Å². The second-order valence-electron chi connectivity index (χ2n) is 4.65. The van der Waals surface area contributed by atoms with Gasteiger partial charge in [0.15, 0.2) is 11.6 Å². The summed E-state index contributed by atoms with van der Waals surface area (Å²) in [6, 6.07) is 18.0. The van der Waals surface area contributed by atoms with Crippen molar-refractivity contribution in [2.45, 2.75) is 12.4 Å². The molecule has 0 saturated carbocycles. The first-order chi connectivity index (χ1) is 10.3. The Hall–Kier alpha value is -2.17. The molecule has 0 aliphatic heterocycles. The van der Waals surface area contributed by atoms with Crippen LogP contribution in [-0.2, 0) is 12.4 Å². The predicted octanol–water partition coefficient (Wildman–Crippen LogP) is 3.13. The molecule has 2 aromatic carbocycles. The van der Waals surface area contributed by atoms with Crippen molar-refractivity contribution in [1.29, 1.82) is 0 Å². The molecule has 21 heavy (non-hydrogen) atoms. The Morgan fingerprint density at radius 2 is 1.67 bits per heavy atom. The van der Waals surface area contributed by atoms with Crippen LogP contribution in [-0.4, -0.2) is 14.8 Å². The van der Waals surface area contributed by atoms with E-state index in [1.54, 1.807) is 0 Å². The molecular formula is C16H15ClN4. The lowest BCUT2D eigenvalue weighted by molar-refractivity contribution is 0.953. The SMILES string of the molecule is NCc1ccc(-c2nnc(CCl)n2-c2ccccc2)cc1. The van der Waals surface area contributed by atoms with Crippen LogP contribution in [0, 0.1) is 0 Å². The van der Waals surface area contributed by atoms with E-state index in [1.807, 2.05) is 59.2 Å². The number of rotatable bonds is 4. The highest BCUT2D eigenvalue weighted by Crippen LogP contribution is 2.23. The maximum absolute atomic E-state index is 5.99. The summed E-state index contributed by atoms with van der Waals surface area (Å²) >= 11 is 5.99. The van der Waals surface area contributed by atoms with Crippen LogP contribution >= 0.6 is 11.6 Å². The number of halogens is 1. The van der Waals surface area contributed by atoms with Crippen LogP contribution in [0.3, 0.4) is 0 Å². The number of hydrogen-bond acceptors (Lipinski definition) is 3. The molecule has 0 amide bonds. The minimum Gasteiger partial charge on any atom is -0.326 e. The van der Waals surface area contributed by atoms with Crippen molar-refractivity contribution in [1.82, 2.24) is 14.8 Å². The van der Waals surface area contributed by atoms with Gasteiger partial charge in [0.25, 0.3) is 0 Å². The zero-order valence-electron chi connectivity index (χ0n) is 11.4. The molecule has 2 N–H and O–H groups in total. The second-order valence-corrected chi connectivity index (χ2v) is 4.91. The van der Waals surface area contributed by atoms with Gasteiger partial charge in [0.2, 0.25) is 0 Å². The Balaban J connectivity index is 2.12. The van der Waals surface area contributed by atoms with Crippen molar-refractivity contribution >= 4 is 11.6 Å². The molecule has 3 rings (SSSR count). The summed E-state index contributed by atoms with van der Waals surface area (Å²) in [6.07, 6.45) is 0. The maximum Gasteiger partial charge on any atom is 0.168 e. The monoisotopic (exact) mass is 298 g/mol. The number of benzene rings is 2. The smallest absolute Gasteiger partial charge is 0.168 e. The van der Waals surface area contributed by atoms with Crippen molar-refractivity contribution in [2.75, 3.05) is 0 Å². The highest BCUT2D eigenvalue weighted by molar-refractivity contribution is 6.16. The van der Waals surface area contributed by atoms with Crippen LogP contribution < -0.4 is 5.73 Å². The summed E-state index contributed by atoms with van der Waals surface area (Å²) < 4.78 is 1.98. The Morgan fingerprint density at radius 3 is 2.29 bits per heavy atom. The molecule has 0 bridgehead atoms. The van der Waals surface area contributed by atoms with E-state index < -0.39 is 0 Å². The summed E-state index contributed by atoms with van der Waals surface area (Å²) in [6.45, 7) is 0.526. The molecule has 0 unspecified atom stereocenters. The molecule has 0 atom stereocenters. The number of alkyl halides is 1. The molecule has 0 aliphatic rings. The largest absolute Gasteiger partial charge is 0.326 e. The van der Waals surface area contributed by atoms with Crippen molar-refractivity contribution in [3.05, 3.63) is 66.0 Å². The first-order valence-electron chi connectivity index (χ1n) is 6.68. The van der Waals surface area contributed by atoms with Crippen LogP contribution in [0.2, 0.25) is 0 Å². The van der Waals surface area contributed by atoms with Crippen LogP contribution in [0.25, 0.3) is 17.1 Å². The number of nitrogens with zero attached hydrogens (tertiary/aromatic N) is 3. The van der Waals surface area contributed by atoms with Gasteiger partial charge < -0.3 is 5.73 Å². The first kappa shape index (κ1) is 13.8. The van der Waals surface area contributed by atoms with E-state index in [2.05, 4.69) is 10.2 Å². The third-order valence-corrected chi connectivity index (χ3v) is 3.55. The molecule has 0 spiro atoms. The van der Waals surface area contributed by atoms with E-state index in [1.165, 1.54) is 0 Å². The molecule has 4 nitrogen and oxygen atoms in total. The van der Waals surface area contributed by atoms with E-state index in [0.29, 0.717) is 12.4 Å². The summed E-state index contributed by atoms with van der Waals surface area (Å²) in [5, 5.41) is 8.47. The van der Waals surface area contributed by atoms with E-state index in [9.17, 15) is 0 Å². The van der Waals surface area contributed by atoms with Gasteiger partial charge in [0.1, 0.15) is 0 Å². The molecule has 1 aromatic heterocycles. The highest BCUT2D eigenvalue weighted by atomic mass is 35.5. The fourth-order valence-corrected chi connectivity index (χ4v) is 2.40. The van der Waals surface area contributed by atoms with E-state index in [4.69, 9.17) is 17.3 Å². The fourth-order valence-electron chi connectivity index (χ4n) is 2.23. The second kappa shape index (κ2) is 6.08. The van der Waals surface area contributed by atoms with Gasteiger partial charge in [-0.25, -0.2) is 0 Å². The standard InChI is InChI=1S/C16H15ClN4/c17-10-15-19-20-16(13-8-6-12(11-18)7-9-13)21(15)14-4-2-1-3-5-14/h1-9H,10-11,18H2. The van der Waals surface area contributed by atoms with Crippen LogP contribution in [0.4, 0.5) is 0 Å². The van der Waals surface area contributed by atoms with E-state index in [0.717, 1.165) is 28.5 Å². The van der Waals surface area contributed by atoms with E-state index in [-0.39, 0.29) is 0 Å². The number of nitrogens with two attached hydrogens (primary N) is 1.